The van der Waals surface area contributed by atoms with Crippen molar-refractivity contribution in [1.29, 1.82) is 0 Å². The standard InChI is InChI=1S/C14H25N3O/c1-4-8-16-14(18)11-17(12(2)3)10-13-7-5-6-9-15-13/h1,12-13,15H,5-11H2,2-3H3,(H,16,18). The number of amides is 1. The minimum atomic E-state index is 0.0115. The molecule has 1 atom stereocenters. The molecule has 1 aliphatic heterocycles. The van der Waals surface area contributed by atoms with Crippen molar-refractivity contribution < 1.29 is 4.79 Å². The third-order valence-corrected chi connectivity index (χ3v) is 3.33. The molecule has 0 aromatic heterocycles. The number of hydrogen-bond donors (Lipinski definition) is 2. The molecular weight excluding hydrogens is 226 g/mol. The summed E-state index contributed by atoms with van der Waals surface area (Å²) in [7, 11) is 0. The third-order valence-electron chi connectivity index (χ3n) is 3.33. The van der Waals surface area contributed by atoms with E-state index in [1.54, 1.807) is 0 Å². The molecule has 1 fully saturated rings. The Morgan fingerprint density at radius 2 is 2.33 bits per heavy atom. The second-order valence-corrected chi connectivity index (χ2v) is 5.15. The predicted octanol–water partition coefficient (Wildman–Crippen LogP) is 0.588. The van der Waals surface area contributed by atoms with Crippen molar-refractivity contribution in [2.45, 2.75) is 45.2 Å². The predicted molar refractivity (Wildman–Crippen MR) is 74.2 cm³/mol. The summed E-state index contributed by atoms with van der Waals surface area (Å²) >= 11 is 0. The van der Waals surface area contributed by atoms with E-state index >= 15 is 0 Å². The van der Waals surface area contributed by atoms with E-state index in [4.69, 9.17) is 6.42 Å². The van der Waals surface area contributed by atoms with Gasteiger partial charge in [0.15, 0.2) is 0 Å². The number of nitrogens with zero attached hydrogens (tertiary/aromatic N) is 1. The first-order valence-corrected chi connectivity index (χ1v) is 6.81. The van der Waals surface area contributed by atoms with E-state index < -0.39 is 0 Å². The molecule has 2 N–H and O–H groups in total. The zero-order valence-electron chi connectivity index (χ0n) is 11.5. The minimum Gasteiger partial charge on any atom is -0.344 e. The molecule has 1 heterocycles. The molecular formula is C14H25N3O. The lowest BCUT2D eigenvalue weighted by Crippen LogP contribution is -2.49. The van der Waals surface area contributed by atoms with Gasteiger partial charge < -0.3 is 10.6 Å². The van der Waals surface area contributed by atoms with Crippen molar-refractivity contribution in [3.63, 3.8) is 0 Å². The maximum atomic E-state index is 11.7. The molecule has 0 bridgehead atoms. The number of terminal acetylenes is 1. The molecule has 4 nitrogen and oxygen atoms in total. The van der Waals surface area contributed by atoms with Crippen molar-refractivity contribution >= 4 is 5.91 Å². The summed E-state index contributed by atoms with van der Waals surface area (Å²) in [5.74, 6) is 2.43. The van der Waals surface area contributed by atoms with Crippen LogP contribution in [-0.4, -0.2) is 49.1 Å². The van der Waals surface area contributed by atoms with Gasteiger partial charge in [-0.05, 0) is 33.2 Å². The van der Waals surface area contributed by atoms with Gasteiger partial charge in [0.2, 0.25) is 5.91 Å². The molecule has 0 aromatic rings. The summed E-state index contributed by atoms with van der Waals surface area (Å²) in [6, 6.07) is 0.881. The summed E-state index contributed by atoms with van der Waals surface area (Å²) in [6.45, 7) is 7.01. The summed E-state index contributed by atoms with van der Waals surface area (Å²) < 4.78 is 0. The van der Waals surface area contributed by atoms with Gasteiger partial charge in [-0.3, -0.25) is 9.69 Å². The maximum Gasteiger partial charge on any atom is 0.234 e. The van der Waals surface area contributed by atoms with Crippen LogP contribution in [0.2, 0.25) is 0 Å². The van der Waals surface area contributed by atoms with Gasteiger partial charge in [-0.15, -0.1) is 6.42 Å². The Labute approximate surface area is 110 Å². The molecule has 4 heteroatoms. The fraction of sp³-hybridized carbons (Fsp3) is 0.786. The number of carbonyl (C=O) groups is 1. The summed E-state index contributed by atoms with van der Waals surface area (Å²) in [5, 5.41) is 6.23. The van der Waals surface area contributed by atoms with E-state index in [2.05, 4.69) is 35.3 Å². The monoisotopic (exact) mass is 251 g/mol. The fourth-order valence-corrected chi connectivity index (χ4v) is 2.21. The molecule has 1 unspecified atom stereocenters. The molecule has 1 saturated heterocycles. The number of rotatable bonds is 6. The van der Waals surface area contributed by atoms with Crippen LogP contribution in [0.5, 0.6) is 0 Å². The average Bonchev–Trinajstić information content (AvgIpc) is 2.36. The number of hydrogen-bond acceptors (Lipinski definition) is 3. The van der Waals surface area contributed by atoms with Crippen LogP contribution in [0.15, 0.2) is 0 Å². The number of carbonyl (C=O) groups excluding carboxylic acids is 1. The molecule has 102 valence electrons. The van der Waals surface area contributed by atoms with Gasteiger partial charge in [-0.1, -0.05) is 12.3 Å². The molecule has 0 radical (unpaired) electrons. The van der Waals surface area contributed by atoms with Gasteiger partial charge >= 0.3 is 0 Å². The fourth-order valence-electron chi connectivity index (χ4n) is 2.21. The average molecular weight is 251 g/mol. The Hall–Kier alpha value is -1.05. The van der Waals surface area contributed by atoms with Crippen LogP contribution >= 0.6 is 0 Å². The van der Waals surface area contributed by atoms with E-state index in [1.165, 1.54) is 19.3 Å². The van der Waals surface area contributed by atoms with Crippen molar-refractivity contribution in [2.75, 3.05) is 26.2 Å². The normalized spacial score (nSPS) is 19.8. The van der Waals surface area contributed by atoms with Crippen molar-refractivity contribution in [1.82, 2.24) is 15.5 Å². The highest BCUT2D eigenvalue weighted by Crippen LogP contribution is 2.10. The largest absolute Gasteiger partial charge is 0.344 e. The van der Waals surface area contributed by atoms with E-state index in [9.17, 15) is 4.79 Å². The quantitative estimate of drug-likeness (QED) is 0.679. The van der Waals surface area contributed by atoms with Gasteiger partial charge in [-0.25, -0.2) is 0 Å². The van der Waals surface area contributed by atoms with Gasteiger partial charge in [-0.2, -0.15) is 0 Å². The van der Waals surface area contributed by atoms with Crippen LogP contribution in [0.3, 0.4) is 0 Å². The second-order valence-electron chi connectivity index (χ2n) is 5.15. The summed E-state index contributed by atoms with van der Waals surface area (Å²) in [5.41, 5.74) is 0. The van der Waals surface area contributed by atoms with Crippen LogP contribution in [0, 0.1) is 12.3 Å². The Kier molecular flexibility index (Phi) is 6.77. The van der Waals surface area contributed by atoms with Gasteiger partial charge in [0.25, 0.3) is 0 Å². The number of piperidine rings is 1. The molecule has 0 aromatic carbocycles. The molecule has 0 saturated carbocycles. The number of nitrogens with one attached hydrogen (secondary N) is 2. The van der Waals surface area contributed by atoms with E-state index in [-0.39, 0.29) is 5.91 Å². The highest BCUT2D eigenvalue weighted by molar-refractivity contribution is 5.78. The molecule has 18 heavy (non-hydrogen) atoms. The summed E-state index contributed by atoms with van der Waals surface area (Å²) in [4.78, 5) is 13.9. The lowest BCUT2D eigenvalue weighted by Gasteiger charge is -2.32. The van der Waals surface area contributed by atoms with Crippen molar-refractivity contribution in [3.05, 3.63) is 0 Å². The van der Waals surface area contributed by atoms with Gasteiger partial charge in [0, 0.05) is 18.6 Å². The highest BCUT2D eigenvalue weighted by atomic mass is 16.2. The molecule has 1 rings (SSSR count). The third kappa shape index (κ3) is 5.52. The topological polar surface area (TPSA) is 44.4 Å². The smallest absolute Gasteiger partial charge is 0.234 e. The van der Waals surface area contributed by atoms with Crippen molar-refractivity contribution in [3.8, 4) is 12.3 Å². The SMILES string of the molecule is C#CCNC(=O)CN(CC1CCCCN1)C(C)C. The van der Waals surface area contributed by atoms with Crippen LogP contribution in [0.25, 0.3) is 0 Å². The van der Waals surface area contributed by atoms with Crippen molar-refractivity contribution in [2.24, 2.45) is 0 Å². The minimum absolute atomic E-state index is 0.0115. The van der Waals surface area contributed by atoms with Crippen LogP contribution in [0.1, 0.15) is 33.1 Å². The van der Waals surface area contributed by atoms with Gasteiger partial charge in [0.05, 0.1) is 13.1 Å². The summed E-state index contributed by atoms with van der Waals surface area (Å²) in [6.07, 6.45) is 8.88. The lowest BCUT2D eigenvalue weighted by atomic mass is 10.0. The van der Waals surface area contributed by atoms with E-state index in [0.717, 1.165) is 13.1 Å². The zero-order chi connectivity index (χ0) is 13.4. The van der Waals surface area contributed by atoms with Crippen LogP contribution < -0.4 is 10.6 Å². The Morgan fingerprint density at radius 3 is 2.89 bits per heavy atom. The molecule has 0 aliphatic carbocycles. The second kappa shape index (κ2) is 8.12. The lowest BCUT2D eigenvalue weighted by molar-refractivity contribution is -0.122. The highest BCUT2D eigenvalue weighted by Gasteiger charge is 2.20. The Balaban J connectivity index is 2.39. The van der Waals surface area contributed by atoms with E-state index in [1.807, 2.05) is 0 Å². The zero-order valence-corrected chi connectivity index (χ0v) is 11.5. The maximum absolute atomic E-state index is 11.7. The molecule has 1 amide bonds. The van der Waals surface area contributed by atoms with E-state index in [0.29, 0.717) is 25.2 Å². The van der Waals surface area contributed by atoms with Gasteiger partial charge in [0.1, 0.15) is 0 Å². The Bertz CT molecular complexity index is 290. The first-order valence-electron chi connectivity index (χ1n) is 6.81. The molecule has 1 aliphatic rings. The first-order chi connectivity index (χ1) is 8.63. The first kappa shape index (κ1) is 15.0. The molecule has 0 spiro atoms. The van der Waals surface area contributed by atoms with Crippen LogP contribution in [-0.2, 0) is 4.79 Å². The Morgan fingerprint density at radius 1 is 1.56 bits per heavy atom. The van der Waals surface area contributed by atoms with Crippen LogP contribution in [0.4, 0.5) is 0 Å².